The molecule has 1 atom stereocenters. The number of carbonyl (C=O) groups is 1. The van der Waals surface area contributed by atoms with E-state index in [-0.39, 0.29) is 5.91 Å². The van der Waals surface area contributed by atoms with Crippen molar-refractivity contribution in [1.29, 1.82) is 0 Å². The van der Waals surface area contributed by atoms with Crippen LogP contribution in [0.5, 0.6) is 0 Å². The summed E-state index contributed by atoms with van der Waals surface area (Å²) in [5.41, 5.74) is 0.862. The molecule has 1 amide bonds. The molecule has 1 aliphatic heterocycles. The molecule has 1 aromatic rings. The molecular weight excluding hydrogens is 296 g/mol. The van der Waals surface area contributed by atoms with Crippen LogP contribution in [0.2, 0.25) is 5.02 Å². The van der Waals surface area contributed by atoms with Crippen LogP contribution in [-0.4, -0.2) is 36.5 Å². The van der Waals surface area contributed by atoms with Gasteiger partial charge in [-0.05, 0) is 50.4 Å². The van der Waals surface area contributed by atoms with Gasteiger partial charge in [0.25, 0.3) is 0 Å². The summed E-state index contributed by atoms with van der Waals surface area (Å²) in [6.07, 6.45) is 8.25. The van der Waals surface area contributed by atoms with Crippen molar-refractivity contribution in [2.45, 2.75) is 38.6 Å². The minimum absolute atomic E-state index is 0.0633. The molecule has 0 saturated carbocycles. The molecule has 1 aromatic carbocycles. The highest BCUT2D eigenvalue weighted by Gasteiger charge is 2.16. The third-order valence-electron chi connectivity index (χ3n) is 4.18. The van der Waals surface area contributed by atoms with Gasteiger partial charge < -0.3 is 10.2 Å². The Morgan fingerprint density at radius 1 is 1.41 bits per heavy atom. The number of amides is 1. The minimum atomic E-state index is -0.0633. The van der Waals surface area contributed by atoms with Gasteiger partial charge in [0, 0.05) is 30.2 Å². The van der Waals surface area contributed by atoms with Gasteiger partial charge in [-0.15, -0.1) is 0 Å². The zero-order valence-electron chi connectivity index (χ0n) is 13.2. The second-order valence-electron chi connectivity index (χ2n) is 5.88. The van der Waals surface area contributed by atoms with Gasteiger partial charge in [-0.1, -0.05) is 36.2 Å². The van der Waals surface area contributed by atoms with Crippen molar-refractivity contribution >= 4 is 23.6 Å². The number of benzene rings is 1. The van der Waals surface area contributed by atoms with Gasteiger partial charge in [-0.2, -0.15) is 0 Å². The van der Waals surface area contributed by atoms with E-state index in [1.165, 1.54) is 25.8 Å². The molecule has 3 nitrogen and oxygen atoms in total. The second-order valence-corrected chi connectivity index (χ2v) is 6.29. The molecule has 4 heteroatoms. The van der Waals surface area contributed by atoms with Crippen molar-refractivity contribution in [3.63, 3.8) is 0 Å². The van der Waals surface area contributed by atoms with Crippen molar-refractivity contribution < 1.29 is 4.79 Å². The van der Waals surface area contributed by atoms with Crippen molar-refractivity contribution in [2.24, 2.45) is 0 Å². The highest BCUT2D eigenvalue weighted by Crippen LogP contribution is 2.17. The first-order valence-corrected chi connectivity index (χ1v) is 8.49. The molecule has 22 heavy (non-hydrogen) atoms. The third kappa shape index (κ3) is 5.47. The number of hydrogen-bond donors (Lipinski definition) is 1. The van der Waals surface area contributed by atoms with Crippen LogP contribution < -0.4 is 5.32 Å². The number of likely N-dealkylation sites (tertiary alicyclic amines) is 1. The van der Waals surface area contributed by atoms with Gasteiger partial charge in [-0.3, -0.25) is 4.79 Å². The van der Waals surface area contributed by atoms with E-state index in [1.807, 2.05) is 24.3 Å². The lowest BCUT2D eigenvalue weighted by atomic mass is 10.0. The molecule has 0 spiro atoms. The largest absolute Gasteiger partial charge is 0.353 e. The summed E-state index contributed by atoms with van der Waals surface area (Å²) in [5, 5.41) is 3.59. The molecule has 1 fully saturated rings. The zero-order chi connectivity index (χ0) is 15.8. The van der Waals surface area contributed by atoms with Crippen molar-refractivity contribution in [1.82, 2.24) is 10.2 Å². The first-order chi connectivity index (χ1) is 10.7. The topological polar surface area (TPSA) is 32.3 Å². The Morgan fingerprint density at radius 3 is 3.00 bits per heavy atom. The third-order valence-corrected chi connectivity index (χ3v) is 4.53. The molecule has 0 bridgehead atoms. The predicted octanol–water partition coefficient (Wildman–Crippen LogP) is 3.73. The number of nitrogens with zero attached hydrogens (tertiary/aromatic N) is 1. The van der Waals surface area contributed by atoms with Crippen LogP contribution >= 0.6 is 11.6 Å². The lowest BCUT2D eigenvalue weighted by molar-refractivity contribution is -0.116. The minimum Gasteiger partial charge on any atom is -0.353 e. The molecule has 0 aromatic heterocycles. The molecule has 1 heterocycles. The standard InChI is InChI=1S/C18H25ClN2O/c1-15-7-4-5-13-21(15)14-6-12-20-18(22)11-10-16-8-2-3-9-17(16)19/h2-3,8-11,15H,4-7,12-14H2,1H3,(H,20,22)/b11-10+/t15-/m1/s1. The van der Waals surface area contributed by atoms with Crippen LogP contribution in [0.4, 0.5) is 0 Å². The fourth-order valence-electron chi connectivity index (χ4n) is 2.82. The number of halogens is 1. The smallest absolute Gasteiger partial charge is 0.244 e. The van der Waals surface area contributed by atoms with Gasteiger partial charge in [0.05, 0.1) is 0 Å². The van der Waals surface area contributed by atoms with E-state index in [1.54, 1.807) is 12.2 Å². The number of piperidine rings is 1. The van der Waals surface area contributed by atoms with E-state index in [4.69, 9.17) is 11.6 Å². The Morgan fingerprint density at radius 2 is 2.23 bits per heavy atom. The fourth-order valence-corrected chi connectivity index (χ4v) is 3.02. The number of rotatable bonds is 6. The SMILES string of the molecule is C[C@@H]1CCCCN1CCCNC(=O)/C=C/c1ccccc1Cl. The highest BCUT2D eigenvalue weighted by atomic mass is 35.5. The summed E-state index contributed by atoms with van der Waals surface area (Å²) < 4.78 is 0. The van der Waals surface area contributed by atoms with E-state index in [9.17, 15) is 4.79 Å². The Kier molecular flexibility index (Phi) is 6.94. The lowest BCUT2D eigenvalue weighted by Gasteiger charge is -2.33. The predicted molar refractivity (Wildman–Crippen MR) is 93.0 cm³/mol. The molecule has 2 rings (SSSR count). The summed E-state index contributed by atoms with van der Waals surface area (Å²) in [5.74, 6) is -0.0633. The van der Waals surface area contributed by atoms with Gasteiger partial charge in [-0.25, -0.2) is 0 Å². The summed E-state index contributed by atoms with van der Waals surface area (Å²) in [6, 6.07) is 8.18. The molecule has 0 unspecified atom stereocenters. The summed E-state index contributed by atoms with van der Waals surface area (Å²) >= 11 is 6.05. The Hall–Kier alpha value is -1.32. The molecule has 1 saturated heterocycles. The maximum atomic E-state index is 11.8. The Balaban J connectivity index is 1.66. The molecule has 1 aliphatic rings. The molecular formula is C18H25ClN2O. The van der Waals surface area contributed by atoms with Crippen LogP contribution in [0.15, 0.2) is 30.3 Å². The van der Waals surface area contributed by atoms with E-state index in [0.717, 1.165) is 25.1 Å². The molecule has 0 aliphatic carbocycles. The average Bonchev–Trinajstić information content (AvgIpc) is 2.52. The number of nitrogens with one attached hydrogen (secondary N) is 1. The monoisotopic (exact) mass is 320 g/mol. The van der Waals surface area contributed by atoms with Crippen LogP contribution in [0.25, 0.3) is 6.08 Å². The quantitative estimate of drug-likeness (QED) is 0.640. The maximum absolute atomic E-state index is 11.8. The van der Waals surface area contributed by atoms with Crippen LogP contribution in [0, 0.1) is 0 Å². The van der Waals surface area contributed by atoms with Crippen molar-refractivity contribution in [3.05, 3.63) is 40.9 Å². The zero-order valence-corrected chi connectivity index (χ0v) is 14.0. The van der Waals surface area contributed by atoms with Crippen LogP contribution in [0.1, 0.15) is 38.2 Å². The number of hydrogen-bond acceptors (Lipinski definition) is 2. The van der Waals surface area contributed by atoms with E-state index >= 15 is 0 Å². The lowest BCUT2D eigenvalue weighted by Crippen LogP contribution is -2.39. The summed E-state index contributed by atoms with van der Waals surface area (Å²) in [6.45, 7) is 5.27. The van der Waals surface area contributed by atoms with E-state index in [0.29, 0.717) is 11.1 Å². The first kappa shape index (κ1) is 17.0. The Labute approximate surface area is 138 Å². The molecule has 1 N–H and O–H groups in total. The van der Waals surface area contributed by atoms with E-state index in [2.05, 4.69) is 17.1 Å². The van der Waals surface area contributed by atoms with Gasteiger partial charge in [0.1, 0.15) is 0 Å². The van der Waals surface area contributed by atoms with E-state index < -0.39 is 0 Å². The summed E-state index contributed by atoms with van der Waals surface area (Å²) in [7, 11) is 0. The van der Waals surface area contributed by atoms with Gasteiger partial charge >= 0.3 is 0 Å². The highest BCUT2D eigenvalue weighted by molar-refractivity contribution is 6.32. The van der Waals surface area contributed by atoms with Gasteiger partial charge in [0.2, 0.25) is 5.91 Å². The normalized spacial score (nSPS) is 19.5. The van der Waals surface area contributed by atoms with Gasteiger partial charge in [0.15, 0.2) is 0 Å². The fraction of sp³-hybridized carbons (Fsp3) is 0.500. The van der Waals surface area contributed by atoms with Crippen LogP contribution in [-0.2, 0) is 4.79 Å². The van der Waals surface area contributed by atoms with Crippen molar-refractivity contribution in [3.8, 4) is 0 Å². The first-order valence-electron chi connectivity index (χ1n) is 8.11. The van der Waals surface area contributed by atoms with Crippen molar-refractivity contribution in [2.75, 3.05) is 19.6 Å². The summed E-state index contributed by atoms with van der Waals surface area (Å²) in [4.78, 5) is 14.3. The molecule has 0 radical (unpaired) electrons. The number of carbonyl (C=O) groups excluding carboxylic acids is 1. The van der Waals surface area contributed by atoms with Crippen LogP contribution in [0.3, 0.4) is 0 Å². The molecule has 120 valence electrons. The average molecular weight is 321 g/mol. The second kappa shape index (κ2) is 8.96. The Bertz CT molecular complexity index is 516. The maximum Gasteiger partial charge on any atom is 0.244 e.